The zero-order valence-electron chi connectivity index (χ0n) is 16.7. The third-order valence-electron chi connectivity index (χ3n) is 3.72. The number of hydrogen-bond donors (Lipinski definition) is 3. The molecule has 0 spiro atoms. The fourth-order valence-electron chi connectivity index (χ4n) is 2.33. The monoisotopic (exact) mass is 423 g/mol. The molecule has 2 rings (SSSR count). The van der Waals surface area contributed by atoms with Gasteiger partial charge in [-0.3, -0.25) is 0 Å². The normalized spacial score (nSPS) is 9.79. The van der Waals surface area contributed by atoms with Crippen molar-refractivity contribution in [1.29, 1.82) is 0 Å². The van der Waals surface area contributed by atoms with E-state index in [2.05, 4.69) is 35.8 Å². The maximum atomic E-state index is 9.10. The highest BCUT2D eigenvalue weighted by atomic mass is 32.2. The van der Waals surface area contributed by atoms with Gasteiger partial charge in [0.25, 0.3) is 0 Å². The lowest BCUT2D eigenvalue weighted by Gasteiger charge is -2.14. The molecule has 0 heterocycles. The van der Waals surface area contributed by atoms with Gasteiger partial charge in [-0.15, -0.1) is 11.8 Å². The number of carbonyl (C=O) groups is 2. The molecule has 0 aliphatic carbocycles. The quantitative estimate of drug-likeness (QED) is 0.435. The fraction of sp³-hybridized carbons (Fsp3) is 0.300. The lowest BCUT2D eigenvalue weighted by Crippen LogP contribution is -2.13. The zero-order valence-corrected chi connectivity index (χ0v) is 17.5. The first-order chi connectivity index (χ1) is 13.9. The Kier molecular flexibility index (Phi) is 10.4. The SMILES string of the molecule is COc1cc(CNCc2ccc(SC)cc2)cc(OC)c1OC.O=C(O)C(=O)O. The van der Waals surface area contributed by atoms with Crippen LogP contribution in [0.15, 0.2) is 41.3 Å². The number of methoxy groups -OCH3 is 3. The van der Waals surface area contributed by atoms with E-state index in [1.165, 1.54) is 10.5 Å². The first kappa shape index (κ1) is 24.1. The van der Waals surface area contributed by atoms with Crippen LogP contribution in [0.5, 0.6) is 17.2 Å². The maximum Gasteiger partial charge on any atom is 0.414 e. The van der Waals surface area contributed by atoms with Crippen molar-refractivity contribution in [2.75, 3.05) is 27.6 Å². The van der Waals surface area contributed by atoms with E-state index < -0.39 is 11.9 Å². The second-order valence-corrected chi connectivity index (χ2v) is 6.48. The van der Waals surface area contributed by atoms with E-state index in [0.29, 0.717) is 17.2 Å². The lowest BCUT2D eigenvalue weighted by molar-refractivity contribution is -0.159. The molecule has 2 aromatic carbocycles. The summed E-state index contributed by atoms with van der Waals surface area (Å²) in [7, 11) is 4.86. The van der Waals surface area contributed by atoms with E-state index in [9.17, 15) is 0 Å². The van der Waals surface area contributed by atoms with Gasteiger partial charge in [0, 0.05) is 18.0 Å². The molecule has 2 aromatic rings. The molecular formula is C20H25NO7S. The fourth-order valence-corrected chi connectivity index (χ4v) is 2.74. The zero-order chi connectivity index (χ0) is 21.8. The van der Waals surface area contributed by atoms with Crippen LogP contribution in [-0.2, 0) is 22.7 Å². The van der Waals surface area contributed by atoms with Gasteiger partial charge in [0.05, 0.1) is 21.3 Å². The minimum atomic E-state index is -1.82. The standard InChI is InChI=1S/C18H23NO3S.C2H2O4/c1-20-16-9-14(10-17(21-2)18(16)22-3)12-19-11-13-5-7-15(23-4)8-6-13;3-1(4)2(5)6/h5-10,19H,11-12H2,1-4H3;(H,3,4)(H,5,6). The second kappa shape index (κ2) is 12.5. The van der Waals surface area contributed by atoms with E-state index in [1.807, 2.05) is 12.1 Å². The Morgan fingerprint density at radius 2 is 1.34 bits per heavy atom. The summed E-state index contributed by atoms with van der Waals surface area (Å²) in [5, 5.41) is 18.2. The van der Waals surface area contributed by atoms with Crippen molar-refractivity contribution >= 4 is 23.7 Å². The highest BCUT2D eigenvalue weighted by Crippen LogP contribution is 2.38. The van der Waals surface area contributed by atoms with Crippen LogP contribution in [0, 0.1) is 0 Å². The summed E-state index contributed by atoms with van der Waals surface area (Å²) in [6.07, 6.45) is 2.08. The molecule has 9 heteroatoms. The molecule has 0 amide bonds. The number of nitrogens with one attached hydrogen (secondary N) is 1. The van der Waals surface area contributed by atoms with Crippen LogP contribution in [-0.4, -0.2) is 49.7 Å². The summed E-state index contributed by atoms with van der Waals surface area (Å²) in [6.45, 7) is 1.53. The number of rotatable bonds is 8. The molecular weight excluding hydrogens is 398 g/mol. The van der Waals surface area contributed by atoms with Crippen molar-refractivity contribution in [1.82, 2.24) is 5.32 Å². The average molecular weight is 423 g/mol. The average Bonchev–Trinajstić information content (AvgIpc) is 2.73. The smallest absolute Gasteiger partial charge is 0.414 e. The van der Waals surface area contributed by atoms with Gasteiger partial charge in [0.1, 0.15) is 0 Å². The van der Waals surface area contributed by atoms with Crippen molar-refractivity contribution in [2.45, 2.75) is 18.0 Å². The molecule has 3 N–H and O–H groups in total. The Balaban J connectivity index is 0.000000612. The van der Waals surface area contributed by atoms with Crippen LogP contribution in [0.3, 0.4) is 0 Å². The minimum Gasteiger partial charge on any atom is -0.493 e. The van der Waals surface area contributed by atoms with Gasteiger partial charge in [-0.2, -0.15) is 0 Å². The van der Waals surface area contributed by atoms with Gasteiger partial charge in [-0.05, 0) is 41.6 Å². The van der Waals surface area contributed by atoms with Gasteiger partial charge in [-0.1, -0.05) is 12.1 Å². The van der Waals surface area contributed by atoms with E-state index in [0.717, 1.165) is 18.7 Å². The number of carboxylic acid groups (broad SMARTS) is 2. The number of thioether (sulfide) groups is 1. The highest BCUT2D eigenvalue weighted by molar-refractivity contribution is 7.98. The van der Waals surface area contributed by atoms with E-state index >= 15 is 0 Å². The van der Waals surface area contributed by atoms with Crippen molar-refractivity contribution in [3.63, 3.8) is 0 Å². The predicted octanol–water partition coefficient (Wildman–Crippen LogP) is 2.88. The van der Waals surface area contributed by atoms with Crippen molar-refractivity contribution < 1.29 is 34.0 Å². The Hall–Kier alpha value is -2.91. The van der Waals surface area contributed by atoms with Gasteiger partial charge in [0.15, 0.2) is 11.5 Å². The van der Waals surface area contributed by atoms with Crippen LogP contribution in [0.25, 0.3) is 0 Å². The molecule has 0 bridgehead atoms. The second-order valence-electron chi connectivity index (χ2n) is 5.60. The minimum absolute atomic E-state index is 0.617. The number of aliphatic carboxylic acids is 2. The molecule has 0 saturated heterocycles. The van der Waals surface area contributed by atoms with Crippen LogP contribution >= 0.6 is 11.8 Å². The molecule has 0 unspecified atom stereocenters. The Labute approximate surface area is 173 Å². The number of carboxylic acids is 2. The summed E-state index contributed by atoms with van der Waals surface area (Å²) in [5.74, 6) is -1.68. The molecule has 0 radical (unpaired) electrons. The van der Waals surface area contributed by atoms with Gasteiger partial charge in [0.2, 0.25) is 5.75 Å². The molecule has 0 saturated carbocycles. The van der Waals surface area contributed by atoms with Crippen LogP contribution in [0.1, 0.15) is 11.1 Å². The van der Waals surface area contributed by atoms with Crippen molar-refractivity contribution in [3.05, 3.63) is 47.5 Å². The molecule has 0 aliphatic rings. The van der Waals surface area contributed by atoms with Gasteiger partial charge >= 0.3 is 11.9 Å². The largest absolute Gasteiger partial charge is 0.493 e. The third-order valence-corrected chi connectivity index (χ3v) is 4.47. The summed E-state index contributed by atoms with van der Waals surface area (Å²) in [5.41, 5.74) is 2.34. The topological polar surface area (TPSA) is 114 Å². The summed E-state index contributed by atoms with van der Waals surface area (Å²) < 4.78 is 16.1. The number of ether oxygens (including phenoxy) is 3. The maximum absolute atomic E-state index is 9.10. The van der Waals surface area contributed by atoms with Crippen LogP contribution in [0.2, 0.25) is 0 Å². The Morgan fingerprint density at radius 3 is 1.72 bits per heavy atom. The van der Waals surface area contributed by atoms with Gasteiger partial charge < -0.3 is 29.7 Å². The molecule has 0 atom stereocenters. The van der Waals surface area contributed by atoms with Crippen molar-refractivity contribution in [3.8, 4) is 17.2 Å². The molecule has 8 nitrogen and oxygen atoms in total. The Bertz CT molecular complexity index is 772. The van der Waals surface area contributed by atoms with E-state index in [4.69, 9.17) is 34.0 Å². The molecule has 0 aromatic heterocycles. The molecule has 0 fully saturated rings. The third kappa shape index (κ3) is 7.92. The Morgan fingerprint density at radius 1 is 0.862 bits per heavy atom. The summed E-state index contributed by atoms with van der Waals surface area (Å²) in [4.78, 5) is 19.5. The first-order valence-electron chi connectivity index (χ1n) is 8.45. The highest BCUT2D eigenvalue weighted by Gasteiger charge is 2.12. The van der Waals surface area contributed by atoms with E-state index in [1.54, 1.807) is 33.1 Å². The van der Waals surface area contributed by atoms with Crippen LogP contribution in [0.4, 0.5) is 0 Å². The molecule has 158 valence electrons. The summed E-state index contributed by atoms with van der Waals surface area (Å²) >= 11 is 1.75. The lowest BCUT2D eigenvalue weighted by atomic mass is 10.1. The predicted molar refractivity (Wildman–Crippen MR) is 110 cm³/mol. The van der Waals surface area contributed by atoms with Crippen molar-refractivity contribution in [2.24, 2.45) is 0 Å². The van der Waals surface area contributed by atoms with Crippen LogP contribution < -0.4 is 19.5 Å². The first-order valence-corrected chi connectivity index (χ1v) is 9.67. The van der Waals surface area contributed by atoms with E-state index in [-0.39, 0.29) is 0 Å². The number of benzene rings is 2. The number of hydrogen-bond acceptors (Lipinski definition) is 7. The van der Waals surface area contributed by atoms with Gasteiger partial charge in [-0.25, -0.2) is 9.59 Å². The summed E-state index contributed by atoms with van der Waals surface area (Å²) in [6, 6.07) is 12.5. The molecule has 0 aliphatic heterocycles. The molecule has 29 heavy (non-hydrogen) atoms.